The summed E-state index contributed by atoms with van der Waals surface area (Å²) >= 11 is 0. The van der Waals surface area contributed by atoms with Crippen LogP contribution in [0.25, 0.3) is 5.69 Å². The molecule has 138 valence electrons. The van der Waals surface area contributed by atoms with Gasteiger partial charge in [-0.2, -0.15) is 10.4 Å². The molecule has 0 bridgehead atoms. The molecule has 3 aromatic rings. The molecule has 0 aliphatic carbocycles. The van der Waals surface area contributed by atoms with Gasteiger partial charge in [0.25, 0.3) is 5.91 Å². The van der Waals surface area contributed by atoms with E-state index in [0.717, 1.165) is 30.3 Å². The average molecular weight is 370 g/mol. The molecule has 0 spiro atoms. The van der Waals surface area contributed by atoms with E-state index in [1.807, 2.05) is 18.2 Å². The Morgan fingerprint density at radius 3 is 2.64 bits per heavy atom. The number of amides is 1. The Kier molecular flexibility index (Phi) is 3.83. The van der Waals surface area contributed by atoms with Crippen molar-refractivity contribution in [3.05, 3.63) is 65.6 Å². The Morgan fingerprint density at radius 2 is 1.93 bits per heavy atom. The number of carbonyl (C=O) groups excluding carboxylic acids is 1. The molecule has 1 fully saturated rings. The molecule has 0 radical (unpaired) electrons. The maximum atomic E-state index is 12.8. The summed E-state index contributed by atoms with van der Waals surface area (Å²) in [7, 11) is 0. The van der Waals surface area contributed by atoms with E-state index in [4.69, 9.17) is 5.26 Å². The predicted octanol–water partition coefficient (Wildman–Crippen LogP) is 2.90. The Labute approximate surface area is 162 Å². The van der Waals surface area contributed by atoms with Crippen molar-refractivity contribution in [3.8, 4) is 11.8 Å². The van der Waals surface area contributed by atoms with Crippen molar-refractivity contribution >= 4 is 17.4 Å². The average Bonchev–Trinajstić information content (AvgIpc) is 3.46. The Hall–Kier alpha value is -3.66. The molecular weight excluding hydrogens is 352 g/mol. The minimum absolute atomic E-state index is 0.0991. The number of hydrogen-bond acceptors (Lipinski definition) is 5. The largest absolute Gasteiger partial charge is 0.357 e. The normalized spacial score (nSPS) is 15.8. The third-order valence-corrected chi connectivity index (χ3v) is 5.29. The van der Waals surface area contributed by atoms with Gasteiger partial charge < -0.3 is 9.80 Å². The summed E-state index contributed by atoms with van der Waals surface area (Å²) in [4.78, 5) is 21.3. The number of anilines is 2. The van der Waals surface area contributed by atoms with Crippen molar-refractivity contribution in [2.45, 2.75) is 19.4 Å². The zero-order valence-electron chi connectivity index (χ0n) is 15.2. The highest BCUT2D eigenvalue weighted by molar-refractivity contribution is 6.09. The molecule has 2 aromatic heterocycles. The van der Waals surface area contributed by atoms with Gasteiger partial charge in [-0.1, -0.05) is 6.07 Å². The lowest BCUT2D eigenvalue weighted by molar-refractivity contribution is 0.0996. The highest BCUT2D eigenvalue weighted by Gasteiger charge is 2.32. The van der Waals surface area contributed by atoms with Gasteiger partial charge in [-0.3, -0.25) is 4.79 Å². The first-order valence-corrected chi connectivity index (χ1v) is 9.35. The number of rotatable bonds is 3. The van der Waals surface area contributed by atoms with Crippen LogP contribution < -0.4 is 9.80 Å². The second-order valence-electron chi connectivity index (χ2n) is 7.06. The maximum absolute atomic E-state index is 12.8. The highest BCUT2D eigenvalue weighted by Crippen LogP contribution is 2.29. The van der Waals surface area contributed by atoms with Gasteiger partial charge in [0.2, 0.25) is 0 Å². The van der Waals surface area contributed by atoms with Gasteiger partial charge in [-0.15, -0.1) is 0 Å². The summed E-state index contributed by atoms with van der Waals surface area (Å²) in [5.41, 5.74) is 3.40. The van der Waals surface area contributed by atoms with E-state index in [2.05, 4.69) is 21.1 Å². The van der Waals surface area contributed by atoms with E-state index in [0.29, 0.717) is 23.4 Å². The third-order valence-electron chi connectivity index (χ3n) is 5.29. The number of hydrogen-bond donors (Lipinski definition) is 0. The van der Waals surface area contributed by atoms with Gasteiger partial charge in [0.05, 0.1) is 41.3 Å². The minimum atomic E-state index is -0.0991. The van der Waals surface area contributed by atoms with Crippen LogP contribution in [0.1, 0.15) is 34.5 Å². The van der Waals surface area contributed by atoms with Crippen LogP contribution in [0.3, 0.4) is 0 Å². The molecule has 1 saturated heterocycles. The van der Waals surface area contributed by atoms with Crippen molar-refractivity contribution in [2.75, 3.05) is 22.9 Å². The topological polar surface area (TPSA) is 78.1 Å². The molecule has 0 N–H and O–H groups in total. The van der Waals surface area contributed by atoms with Crippen LogP contribution in [0.5, 0.6) is 0 Å². The Morgan fingerprint density at radius 1 is 1.07 bits per heavy atom. The van der Waals surface area contributed by atoms with Crippen molar-refractivity contribution in [2.24, 2.45) is 0 Å². The molecular formula is C21H18N6O. The number of pyridine rings is 1. The third kappa shape index (κ3) is 2.70. The molecule has 0 unspecified atom stereocenters. The van der Waals surface area contributed by atoms with Crippen molar-refractivity contribution in [1.29, 1.82) is 5.26 Å². The molecule has 1 aromatic carbocycles. The number of nitriles is 1. The van der Waals surface area contributed by atoms with Crippen LogP contribution in [0.2, 0.25) is 0 Å². The van der Waals surface area contributed by atoms with Gasteiger partial charge >= 0.3 is 0 Å². The molecule has 0 atom stereocenters. The quantitative estimate of drug-likeness (QED) is 0.708. The van der Waals surface area contributed by atoms with Crippen LogP contribution in [-0.4, -0.2) is 33.8 Å². The molecule has 4 heterocycles. The summed E-state index contributed by atoms with van der Waals surface area (Å²) in [6, 6.07) is 13.2. The van der Waals surface area contributed by atoms with Crippen molar-refractivity contribution in [3.63, 3.8) is 0 Å². The van der Waals surface area contributed by atoms with Crippen molar-refractivity contribution in [1.82, 2.24) is 14.8 Å². The predicted molar refractivity (Wildman–Crippen MR) is 104 cm³/mol. The van der Waals surface area contributed by atoms with Gasteiger partial charge in [0.1, 0.15) is 5.82 Å². The first-order valence-electron chi connectivity index (χ1n) is 9.35. The molecule has 1 amide bonds. The van der Waals surface area contributed by atoms with Crippen molar-refractivity contribution < 1.29 is 4.79 Å². The summed E-state index contributed by atoms with van der Waals surface area (Å²) in [5, 5.41) is 13.7. The lowest BCUT2D eigenvalue weighted by Crippen LogP contribution is -2.23. The summed E-state index contributed by atoms with van der Waals surface area (Å²) in [5.74, 6) is 0.888. The minimum Gasteiger partial charge on any atom is -0.357 e. The fourth-order valence-corrected chi connectivity index (χ4v) is 3.80. The van der Waals surface area contributed by atoms with E-state index in [9.17, 15) is 4.79 Å². The second kappa shape index (κ2) is 6.50. The molecule has 5 rings (SSSR count). The lowest BCUT2D eigenvalue weighted by Gasteiger charge is -2.17. The molecule has 7 nitrogen and oxygen atoms in total. The van der Waals surface area contributed by atoms with Gasteiger partial charge in [0, 0.05) is 25.0 Å². The molecule has 2 aliphatic rings. The van der Waals surface area contributed by atoms with Crippen LogP contribution in [0, 0.1) is 11.3 Å². The van der Waals surface area contributed by atoms with E-state index in [-0.39, 0.29) is 5.91 Å². The summed E-state index contributed by atoms with van der Waals surface area (Å²) in [6.07, 6.45) is 5.99. The van der Waals surface area contributed by atoms with Gasteiger partial charge in [-0.05, 0) is 43.2 Å². The van der Waals surface area contributed by atoms with Crippen LogP contribution in [0.15, 0.2) is 48.8 Å². The Bertz CT molecular complexity index is 1090. The number of benzene rings is 1. The summed E-state index contributed by atoms with van der Waals surface area (Å²) in [6.45, 7) is 2.51. The van der Waals surface area contributed by atoms with Crippen LogP contribution >= 0.6 is 0 Å². The standard InChI is InChI=1S/C21H18N6O/c22-11-15-4-3-5-16(10-15)26-14-19-18(21(26)28)13-27(24-19)17-6-7-20(23-12-17)25-8-1-2-9-25/h3-7,10,12-13H,1-2,8-9,14H2. The first-order chi connectivity index (χ1) is 13.7. The number of aromatic nitrogens is 3. The van der Waals surface area contributed by atoms with E-state index in [1.54, 1.807) is 40.2 Å². The van der Waals surface area contributed by atoms with E-state index in [1.165, 1.54) is 12.8 Å². The fraction of sp³-hybridized carbons (Fsp3) is 0.238. The van der Waals surface area contributed by atoms with Crippen LogP contribution in [0.4, 0.5) is 11.5 Å². The Balaban J connectivity index is 1.39. The molecule has 2 aliphatic heterocycles. The van der Waals surface area contributed by atoms with E-state index < -0.39 is 0 Å². The highest BCUT2D eigenvalue weighted by atomic mass is 16.2. The zero-order chi connectivity index (χ0) is 19.1. The zero-order valence-corrected chi connectivity index (χ0v) is 15.2. The smallest absolute Gasteiger partial charge is 0.262 e. The number of nitrogens with zero attached hydrogens (tertiary/aromatic N) is 6. The lowest BCUT2D eigenvalue weighted by atomic mass is 10.2. The van der Waals surface area contributed by atoms with Crippen LogP contribution in [-0.2, 0) is 6.54 Å². The second-order valence-corrected chi connectivity index (χ2v) is 7.06. The fourth-order valence-electron chi connectivity index (χ4n) is 3.80. The van der Waals surface area contributed by atoms with Gasteiger partial charge in [0.15, 0.2) is 0 Å². The molecule has 28 heavy (non-hydrogen) atoms. The SMILES string of the molecule is N#Cc1cccc(N2Cc3nn(-c4ccc(N5CCCC5)nc4)cc3C2=O)c1. The van der Waals surface area contributed by atoms with E-state index >= 15 is 0 Å². The maximum Gasteiger partial charge on any atom is 0.262 e. The molecule has 7 heteroatoms. The van der Waals surface area contributed by atoms with Gasteiger partial charge in [-0.25, -0.2) is 9.67 Å². The monoisotopic (exact) mass is 370 g/mol. The summed E-state index contributed by atoms with van der Waals surface area (Å²) < 4.78 is 1.71. The molecule has 0 saturated carbocycles. The number of fused-ring (bicyclic) bond motifs is 1. The number of carbonyl (C=O) groups is 1. The first kappa shape index (κ1) is 16.5.